The van der Waals surface area contributed by atoms with E-state index in [1.165, 1.54) is 4.90 Å². The van der Waals surface area contributed by atoms with Crippen LogP contribution in [0.5, 0.6) is 0 Å². The van der Waals surface area contributed by atoms with Crippen LogP contribution in [0, 0.1) is 5.92 Å². The Morgan fingerprint density at radius 2 is 1.43 bits per heavy atom. The second kappa shape index (κ2) is 7.70. The molecule has 150 valence electrons. The van der Waals surface area contributed by atoms with Gasteiger partial charge >= 0.3 is 0 Å². The maximum atomic E-state index is 13.4. The Balaban J connectivity index is 1.52. The van der Waals surface area contributed by atoms with Gasteiger partial charge in [0, 0.05) is 4.47 Å². The highest BCUT2D eigenvalue weighted by Gasteiger charge is 2.59. The lowest BCUT2D eigenvalue weighted by Gasteiger charge is -2.28. The van der Waals surface area contributed by atoms with Crippen molar-refractivity contribution in [1.29, 1.82) is 0 Å². The Kier molecular flexibility index (Phi) is 4.89. The Morgan fingerprint density at radius 3 is 2.10 bits per heavy atom. The van der Waals surface area contributed by atoms with Crippen LogP contribution >= 0.6 is 15.9 Å². The van der Waals surface area contributed by atoms with Gasteiger partial charge in [-0.2, -0.15) is 0 Å². The third-order valence-corrected chi connectivity index (χ3v) is 6.14. The summed E-state index contributed by atoms with van der Waals surface area (Å²) in [5.41, 5.74) is 2.66. The number of rotatable bonds is 4. The second-order valence-electron chi connectivity index (χ2n) is 7.46. The normalized spacial score (nSPS) is 23.2. The summed E-state index contributed by atoms with van der Waals surface area (Å²) in [6.45, 7) is 0.257. The Labute approximate surface area is 183 Å². The van der Waals surface area contributed by atoms with Gasteiger partial charge in [-0.25, -0.2) is 5.06 Å². The third kappa shape index (κ3) is 3.22. The number of nitrogens with zero attached hydrogens (tertiary/aromatic N) is 2. The van der Waals surface area contributed by atoms with Crippen molar-refractivity contribution in [2.45, 2.75) is 18.7 Å². The molecule has 0 saturated carbocycles. The Bertz CT molecular complexity index is 1070. The van der Waals surface area contributed by atoms with E-state index in [9.17, 15) is 9.59 Å². The molecule has 0 N–H and O–H groups in total. The third-order valence-electron chi connectivity index (χ3n) is 5.61. The molecule has 0 spiro atoms. The molecule has 0 aromatic heterocycles. The van der Waals surface area contributed by atoms with Crippen LogP contribution in [0.3, 0.4) is 0 Å². The van der Waals surface area contributed by atoms with E-state index >= 15 is 0 Å². The number of hydroxylamine groups is 1. The van der Waals surface area contributed by atoms with Gasteiger partial charge in [0.05, 0.1) is 18.3 Å². The smallest absolute Gasteiger partial charge is 0.262 e. The van der Waals surface area contributed by atoms with E-state index in [1.807, 2.05) is 84.9 Å². The maximum absolute atomic E-state index is 13.4. The van der Waals surface area contributed by atoms with Gasteiger partial charge in [-0.1, -0.05) is 76.6 Å². The molecule has 2 saturated heterocycles. The highest BCUT2D eigenvalue weighted by molar-refractivity contribution is 9.10. The lowest BCUT2D eigenvalue weighted by atomic mass is 9.90. The fourth-order valence-corrected chi connectivity index (χ4v) is 4.46. The van der Waals surface area contributed by atoms with Crippen LogP contribution in [0.1, 0.15) is 17.2 Å². The summed E-state index contributed by atoms with van der Waals surface area (Å²) in [7, 11) is 0. The fraction of sp³-hybridized carbons (Fsp3) is 0.167. The maximum Gasteiger partial charge on any atom is 0.262 e. The second-order valence-corrected chi connectivity index (χ2v) is 8.37. The van der Waals surface area contributed by atoms with Crippen molar-refractivity contribution >= 4 is 33.4 Å². The molecule has 0 bridgehead atoms. The summed E-state index contributed by atoms with van der Waals surface area (Å²) < 4.78 is 0.951. The van der Waals surface area contributed by atoms with Crippen molar-refractivity contribution in [3.63, 3.8) is 0 Å². The number of carbonyl (C=O) groups is 2. The van der Waals surface area contributed by atoms with Crippen molar-refractivity contribution in [2.75, 3.05) is 5.06 Å². The van der Waals surface area contributed by atoms with Crippen molar-refractivity contribution in [2.24, 2.45) is 5.92 Å². The Morgan fingerprint density at radius 1 is 0.800 bits per heavy atom. The van der Waals surface area contributed by atoms with Gasteiger partial charge < -0.3 is 0 Å². The van der Waals surface area contributed by atoms with Gasteiger partial charge in [-0.15, -0.1) is 0 Å². The van der Waals surface area contributed by atoms with Crippen molar-refractivity contribution in [1.82, 2.24) is 4.90 Å². The summed E-state index contributed by atoms with van der Waals surface area (Å²) in [6, 6.07) is 26.6. The first-order valence-electron chi connectivity index (χ1n) is 9.79. The van der Waals surface area contributed by atoms with Gasteiger partial charge in [-0.05, 0) is 35.4 Å². The van der Waals surface area contributed by atoms with E-state index in [4.69, 9.17) is 4.84 Å². The van der Waals surface area contributed by atoms with E-state index in [1.54, 1.807) is 5.06 Å². The number of halogens is 1. The zero-order valence-electron chi connectivity index (χ0n) is 16.0. The number of anilines is 1. The molecule has 3 aromatic rings. The molecule has 5 nitrogen and oxygen atoms in total. The molecule has 2 fully saturated rings. The molecule has 2 amide bonds. The largest absolute Gasteiger partial charge is 0.275 e. The number of hydrogen-bond acceptors (Lipinski definition) is 4. The van der Waals surface area contributed by atoms with Crippen LogP contribution in [0.2, 0.25) is 0 Å². The van der Waals surface area contributed by atoms with Gasteiger partial charge in [0.15, 0.2) is 6.10 Å². The fourth-order valence-electron chi connectivity index (χ4n) is 4.19. The summed E-state index contributed by atoms with van der Waals surface area (Å²) >= 11 is 3.46. The number of hydrogen-bond donors (Lipinski definition) is 0. The molecule has 5 rings (SSSR count). The number of para-hydroxylation sites is 1. The molecule has 3 atom stereocenters. The van der Waals surface area contributed by atoms with Gasteiger partial charge in [0.25, 0.3) is 5.91 Å². The van der Waals surface area contributed by atoms with Gasteiger partial charge in [-0.3, -0.25) is 19.3 Å². The average molecular weight is 463 g/mol. The zero-order valence-corrected chi connectivity index (χ0v) is 17.6. The molecule has 0 radical (unpaired) electrons. The minimum Gasteiger partial charge on any atom is -0.275 e. The van der Waals surface area contributed by atoms with Crippen molar-refractivity contribution in [3.8, 4) is 0 Å². The molecule has 2 heterocycles. The molecule has 30 heavy (non-hydrogen) atoms. The van der Waals surface area contributed by atoms with Crippen LogP contribution in [0.25, 0.3) is 0 Å². The van der Waals surface area contributed by atoms with Crippen LogP contribution < -0.4 is 5.06 Å². The number of benzene rings is 3. The van der Waals surface area contributed by atoms with E-state index < -0.39 is 12.0 Å². The summed E-state index contributed by atoms with van der Waals surface area (Å²) in [4.78, 5) is 34.0. The molecule has 3 aromatic carbocycles. The standard InChI is InChI=1S/C24H19BrN2O3/c25-18-13-11-17(12-14-18)21-20-22(30-27(21)19-9-5-2-6-10-19)24(29)26(23(20)28)15-16-7-3-1-4-8-16/h1-14,20-22H,15H2/t20-,21+,22-/m1/s1. The molecular weight excluding hydrogens is 444 g/mol. The van der Waals surface area contributed by atoms with Gasteiger partial charge in [0.2, 0.25) is 5.91 Å². The van der Waals surface area contributed by atoms with E-state index in [0.717, 1.165) is 21.3 Å². The lowest BCUT2D eigenvalue weighted by Crippen LogP contribution is -2.36. The molecular formula is C24H19BrN2O3. The number of fused-ring (bicyclic) bond motifs is 1. The van der Waals surface area contributed by atoms with Crippen molar-refractivity contribution < 1.29 is 14.4 Å². The van der Waals surface area contributed by atoms with Crippen LogP contribution in [-0.4, -0.2) is 22.8 Å². The number of imide groups is 1. The molecule has 2 aliphatic rings. The molecule has 6 heteroatoms. The number of amides is 2. The lowest BCUT2D eigenvalue weighted by molar-refractivity contribution is -0.143. The van der Waals surface area contributed by atoms with Gasteiger partial charge in [0.1, 0.15) is 5.92 Å². The first-order chi connectivity index (χ1) is 14.6. The quantitative estimate of drug-likeness (QED) is 0.535. The number of likely N-dealkylation sites (tertiary alicyclic amines) is 1. The van der Waals surface area contributed by atoms with Crippen molar-refractivity contribution in [3.05, 3.63) is 101 Å². The van der Waals surface area contributed by atoms with E-state index in [-0.39, 0.29) is 24.4 Å². The molecule has 2 aliphatic heterocycles. The predicted molar refractivity (Wildman–Crippen MR) is 116 cm³/mol. The summed E-state index contributed by atoms with van der Waals surface area (Å²) in [6.07, 6.45) is -0.824. The van der Waals surface area contributed by atoms with E-state index in [0.29, 0.717) is 0 Å². The van der Waals surface area contributed by atoms with E-state index in [2.05, 4.69) is 15.9 Å². The van der Waals surface area contributed by atoms with Crippen LogP contribution in [-0.2, 0) is 21.0 Å². The SMILES string of the molecule is O=C1[C@H]2[C@@H](ON(c3ccccc3)[C@H]2c2ccc(Br)cc2)C(=O)N1Cc1ccccc1. The topological polar surface area (TPSA) is 49.9 Å². The monoisotopic (exact) mass is 462 g/mol. The summed E-state index contributed by atoms with van der Waals surface area (Å²) in [5, 5.41) is 1.72. The predicted octanol–water partition coefficient (Wildman–Crippen LogP) is 4.50. The van der Waals surface area contributed by atoms with Crippen LogP contribution in [0.15, 0.2) is 89.4 Å². The highest BCUT2D eigenvalue weighted by Crippen LogP contribution is 2.47. The minimum absolute atomic E-state index is 0.194. The molecule has 0 aliphatic carbocycles. The summed E-state index contributed by atoms with van der Waals surface area (Å²) in [5.74, 6) is -1.07. The van der Waals surface area contributed by atoms with Crippen LogP contribution in [0.4, 0.5) is 5.69 Å². The highest BCUT2D eigenvalue weighted by atomic mass is 79.9. The average Bonchev–Trinajstić information content (AvgIpc) is 3.28. The molecule has 0 unspecified atom stereocenters. The minimum atomic E-state index is -0.824. The Hall–Kier alpha value is -2.96. The first-order valence-corrected chi connectivity index (χ1v) is 10.6. The first kappa shape index (κ1) is 19.0. The zero-order chi connectivity index (χ0) is 20.7. The number of carbonyl (C=O) groups excluding carboxylic acids is 2.